The van der Waals surface area contributed by atoms with Crippen LogP contribution >= 0.6 is 0 Å². The van der Waals surface area contributed by atoms with Gasteiger partial charge < -0.3 is 5.32 Å². The van der Waals surface area contributed by atoms with Gasteiger partial charge in [-0.2, -0.15) is 5.10 Å². The van der Waals surface area contributed by atoms with Crippen LogP contribution < -0.4 is 10.9 Å². The minimum atomic E-state index is -0.310. The zero-order chi connectivity index (χ0) is 18.4. The molecule has 0 aliphatic carbocycles. The van der Waals surface area contributed by atoms with Crippen LogP contribution in [0.15, 0.2) is 65.7 Å². The van der Waals surface area contributed by atoms with E-state index in [1.807, 2.05) is 30.3 Å². The van der Waals surface area contributed by atoms with Gasteiger partial charge in [-0.3, -0.25) is 14.6 Å². The number of rotatable bonds is 6. The highest BCUT2D eigenvalue weighted by molar-refractivity contribution is 5.75. The van der Waals surface area contributed by atoms with Gasteiger partial charge in [-0.25, -0.2) is 4.68 Å². The first-order valence-corrected chi connectivity index (χ1v) is 8.49. The molecule has 26 heavy (non-hydrogen) atoms. The number of carbonyl (C=O) groups excluding carboxylic acids is 1. The molecule has 0 aliphatic rings. The molecule has 6 nitrogen and oxygen atoms in total. The highest BCUT2D eigenvalue weighted by Gasteiger charge is 2.08. The monoisotopic (exact) mass is 348 g/mol. The minimum Gasteiger partial charge on any atom is -0.350 e. The van der Waals surface area contributed by atoms with E-state index >= 15 is 0 Å². The van der Waals surface area contributed by atoms with Crippen LogP contribution in [0.1, 0.15) is 18.1 Å². The summed E-state index contributed by atoms with van der Waals surface area (Å²) >= 11 is 0. The molecule has 0 bridgehead atoms. The quantitative estimate of drug-likeness (QED) is 0.741. The van der Waals surface area contributed by atoms with Gasteiger partial charge in [0.05, 0.1) is 5.69 Å². The Morgan fingerprint density at radius 3 is 2.58 bits per heavy atom. The molecule has 0 spiro atoms. The van der Waals surface area contributed by atoms with Gasteiger partial charge in [0.15, 0.2) is 0 Å². The first-order valence-electron chi connectivity index (χ1n) is 8.49. The summed E-state index contributed by atoms with van der Waals surface area (Å²) in [6.45, 7) is 2.33. The summed E-state index contributed by atoms with van der Waals surface area (Å²) in [7, 11) is 0. The number of amides is 1. The Kier molecular flexibility index (Phi) is 5.53. The first-order chi connectivity index (χ1) is 12.7. The Morgan fingerprint density at radius 1 is 1.08 bits per heavy atom. The summed E-state index contributed by atoms with van der Waals surface area (Å²) in [5, 5.41) is 7.09. The van der Waals surface area contributed by atoms with E-state index in [4.69, 9.17) is 0 Å². The fourth-order valence-electron chi connectivity index (χ4n) is 2.52. The molecule has 2 heterocycles. The lowest BCUT2D eigenvalue weighted by molar-refractivity contribution is -0.122. The molecule has 1 amide bonds. The normalized spacial score (nSPS) is 10.5. The van der Waals surface area contributed by atoms with Crippen molar-refractivity contribution in [2.24, 2.45) is 0 Å². The maximum atomic E-state index is 12.1. The zero-order valence-electron chi connectivity index (χ0n) is 14.6. The van der Waals surface area contributed by atoms with Crippen LogP contribution in [0.3, 0.4) is 0 Å². The van der Waals surface area contributed by atoms with E-state index < -0.39 is 0 Å². The van der Waals surface area contributed by atoms with E-state index in [1.165, 1.54) is 16.3 Å². The summed E-state index contributed by atoms with van der Waals surface area (Å²) < 4.78 is 1.18. The molecular formula is C20H20N4O2. The van der Waals surface area contributed by atoms with Crippen LogP contribution in [0.4, 0.5) is 0 Å². The predicted octanol–water partition coefficient (Wildman–Crippen LogP) is 2.18. The Labute approximate surface area is 151 Å². The molecule has 0 saturated carbocycles. The number of nitrogens with zero attached hydrogens (tertiary/aromatic N) is 3. The van der Waals surface area contributed by atoms with Gasteiger partial charge in [-0.15, -0.1) is 0 Å². The average molecular weight is 348 g/mol. The highest BCUT2D eigenvalue weighted by Crippen LogP contribution is 2.16. The standard InChI is InChI=1S/C20H20N4O2/c1-2-15-5-7-17(8-6-15)18-9-10-20(26)24(23-18)14-19(25)22-13-16-4-3-11-21-12-16/h3-12H,2,13-14H2,1H3,(H,22,25). The maximum Gasteiger partial charge on any atom is 0.267 e. The third-order valence-corrected chi connectivity index (χ3v) is 4.03. The van der Waals surface area contributed by atoms with Crippen LogP contribution in [-0.4, -0.2) is 20.7 Å². The third-order valence-electron chi connectivity index (χ3n) is 4.03. The maximum absolute atomic E-state index is 12.1. The van der Waals surface area contributed by atoms with Crippen molar-refractivity contribution in [1.29, 1.82) is 0 Å². The van der Waals surface area contributed by atoms with Crippen LogP contribution in [-0.2, 0) is 24.3 Å². The molecule has 3 aromatic rings. The SMILES string of the molecule is CCc1ccc(-c2ccc(=O)n(CC(=O)NCc3cccnc3)n2)cc1. The first kappa shape index (κ1) is 17.5. The zero-order valence-corrected chi connectivity index (χ0v) is 14.6. The van der Waals surface area contributed by atoms with Gasteiger partial charge in [0, 0.05) is 30.6 Å². The van der Waals surface area contributed by atoms with E-state index in [0.29, 0.717) is 12.2 Å². The molecule has 0 unspecified atom stereocenters. The number of aromatic nitrogens is 3. The van der Waals surface area contributed by atoms with Crippen molar-refractivity contribution in [2.75, 3.05) is 0 Å². The molecule has 0 fully saturated rings. The number of benzene rings is 1. The summed E-state index contributed by atoms with van der Waals surface area (Å²) in [4.78, 5) is 28.2. The summed E-state index contributed by atoms with van der Waals surface area (Å²) in [6.07, 6.45) is 4.32. The number of hydrogen-bond donors (Lipinski definition) is 1. The molecule has 0 aliphatic heterocycles. The van der Waals surface area contributed by atoms with Crippen molar-refractivity contribution in [1.82, 2.24) is 20.1 Å². The molecule has 6 heteroatoms. The number of aryl methyl sites for hydroxylation is 1. The number of hydrogen-bond acceptors (Lipinski definition) is 4. The van der Waals surface area contributed by atoms with Gasteiger partial charge in [-0.05, 0) is 29.7 Å². The van der Waals surface area contributed by atoms with Crippen molar-refractivity contribution in [3.05, 3.63) is 82.4 Å². The average Bonchev–Trinajstić information content (AvgIpc) is 2.69. The lowest BCUT2D eigenvalue weighted by Crippen LogP contribution is -2.33. The van der Waals surface area contributed by atoms with Crippen molar-refractivity contribution >= 4 is 5.91 Å². The van der Waals surface area contributed by atoms with E-state index in [2.05, 4.69) is 22.3 Å². The summed E-state index contributed by atoms with van der Waals surface area (Å²) in [6, 6.07) is 14.8. The number of nitrogens with one attached hydrogen (secondary N) is 1. The molecule has 1 N–H and O–H groups in total. The highest BCUT2D eigenvalue weighted by atomic mass is 16.2. The van der Waals surface area contributed by atoms with Crippen LogP contribution in [0, 0.1) is 0 Å². The van der Waals surface area contributed by atoms with Crippen molar-refractivity contribution in [3.8, 4) is 11.3 Å². The second-order valence-electron chi connectivity index (χ2n) is 5.90. The minimum absolute atomic E-state index is 0.125. The fourth-order valence-corrected chi connectivity index (χ4v) is 2.52. The lowest BCUT2D eigenvalue weighted by Gasteiger charge is -2.08. The van der Waals surface area contributed by atoms with E-state index in [0.717, 1.165) is 17.5 Å². The Bertz CT molecular complexity index is 934. The number of pyridine rings is 1. The summed E-state index contributed by atoms with van der Waals surface area (Å²) in [5.41, 5.74) is 3.39. The molecule has 1 aromatic carbocycles. The Hall–Kier alpha value is -3.28. The topological polar surface area (TPSA) is 76.9 Å². The Balaban J connectivity index is 1.71. The third kappa shape index (κ3) is 4.42. The van der Waals surface area contributed by atoms with Crippen molar-refractivity contribution in [3.63, 3.8) is 0 Å². The molecule has 0 atom stereocenters. The lowest BCUT2D eigenvalue weighted by atomic mass is 10.1. The van der Waals surface area contributed by atoms with Gasteiger partial charge in [-0.1, -0.05) is 37.3 Å². The van der Waals surface area contributed by atoms with Gasteiger partial charge in [0.2, 0.25) is 5.91 Å². The molecular weight excluding hydrogens is 328 g/mol. The van der Waals surface area contributed by atoms with Gasteiger partial charge >= 0.3 is 0 Å². The van der Waals surface area contributed by atoms with E-state index in [-0.39, 0.29) is 18.0 Å². The van der Waals surface area contributed by atoms with E-state index in [9.17, 15) is 9.59 Å². The molecule has 0 saturated heterocycles. The van der Waals surface area contributed by atoms with Crippen LogP contribution in [0.25, 0.3) is 11.3 Å². The van der Waals surface area contributed by atoms with Crippen LogP contribution in [0.5, 0.6) is 0 Å². The van der Waals surface area contributed by atoms with E-state index in [1.54, 1.807) is 24.5 Å². The molecule has 0 radical (unpaired) electrons. The predicted molar refractivity (Wildman–Crippen MR) is 99.4 cm³/mol. The second-order valence-corrected chi connectivity index (χ2v) is 5.90. The second kappa shape index (κ2) is 8.20. The van der Waals surface area contributed by atoms with Crippen molar-refractivity contribution < 1.29 is 4.79 Å². The molecule has 132 valence electrons. The van der Waals surface area contributed by atoms with Crippen molar-refractivity contribution in [2.45, 2.75) is 26.4 Å². The van der Waals surface area contributed by atoms with Gasteiger partial charge in [0.25, 0.3) is 5.56 Å². The molecule has 3 rings (SSSR count). The number of carbonyl (C=O) groups is 1. The fraction of sp³-hybridized carbons (Fsp3) is 0.200. The smallest absolute Gasteiger partial charge is 0.267 e. The molecule has 2 aromatic heterocycles. The summed E-state index contributed by atoms with van der Waals surface area (Å²) in [5.74, 6) is -0.276. The van der Waals surface area contributed by atoms with Crippen LogP contribution in [0.2, 0.25) is 0 Å². The van der Waals surface area contributed by atoms with Gasteiger partial charge in [0.1, 0.15) is 6.54 Å². The largest absolute Gasteiger partial charge is 0.350 e. The Morgan fingerprint density at radius 2 is 1.88 bits per heavy atom.